The third kappa shape index (κ3) is 1.71. The highest BCUT2D eigenvalue weighted by Crippen LogP contribution is 2.53. The summed E-state index contributed by atoms with van der Waals surface area (Å²) < 4.78 is 2.54. The lowest BCUT2D eigenvalue weighted by Gasteiger charge is -2.14. The van der Waals surface area contributed by atoms with Gasteiger partial charge >= 0.3 is 0 Å². The van der Waals surface area contributed by atoms with Crippen molar-refractivity contribution in [1.82, 2.24) is 14.6 Å². The number of aromatic amines is 1. The van der Waals surface area contributed by atoms with Crippen molar-refractivity contribution < 1.29 is 0 Å². The molecule has 5 heteroatoms. The molecule has 2 heterocycles. The lowest BCUT2D eigenvalue weighted by Crippen LogP contribution is -2.18. The third-order valence-electron chi connectivity index (χ3n) is 4.07. The number of H-pyrrole nitrogens is 1. The largest absolute Gasteiger partial charge is 0.296 e. The summed E-state index contributed by atoms with van der Waals surface area (Å²) in [5.74, 6) is 2.10. The second-order valence-corrected chi connectivity index (χ2v) is 6.66. The van der Waals surface area contributed by atoms with Crippen molar-refractivity contribution in [2.75, 3.05) is 0 Å². The number of halogens is 1. The number of rotatable bonds is 3. The van der Waals surface area contributed by atoms with Crippen molar-refractivity contribution in [2.24, 2.45) is 11.8 Å². The van der Waals surface area contributed by atoms with E-state index in [0.717, 1.165) is 26.7 Å². The summed E-state index contributed by atoms with van der Waals surface area (Å²) in [4.78, 5) is 16.8. The molecule has 0 spiro atoms. The van der Waals surface area contributed by atoms with Crippen LogP contribution in [0.1, 0.15) is 37.3 Å². The Bertz CT molecular complexity index is 654. The van der Waals surface area contributed by atoms with Gasteiger partial charge in [0.05, 0.1) is 9.26 Å². The van der Waals surface area contributed by atoms with Crippen LogP contribution < -0.4 is 5.56 Å². The van der Waals surface area contributed by atoms with Crippen LogP contribution in [0.5, 0.6) is 0 Å². The molecule has 2 aromatic rings. The molecule has 18 heavy (non-hydrogen) atoms. The second kappa shape index (κ2) is 3.82. The summed E-state index contributed by atoms with van der Waals surface area (Å²) in [6.45, 7) is 0. The highest BCUT2D eigenvalue weighted by molar-refractivity contribution is 14.1. The Morgan fingerprint density at radius 3 is 2.61 bits per heavy atom. The van der Waals surface area contributed by atoms with E-state index in [4.69, 9.17) is 4.98 Å². The molecule has 2 aromatic heterocycles. The minimum Gasteiger partial charge on any atom is -0.296 e. The van der Waals surface area contributed by atoms with E-state index < -0.39 is 0 Å². The predicted octanol–water partition coefficient (Wildman–Crippen LogP) is 2.53. The monoisotopic (exact) mass is 355 g/mol. The maximum Gasteiger partial charge on any atom is 0.272 e. The zero-order valence-electron chi connectivity index (χ0n) is 9.90. The molecule has 0 aliphatic heterocycles. The minimum atomic E-state index is 0.0178. The van der Waals surface area contributed by atoms with Crippen molar-refractivity contribution in [1.29, 1.82) is 0 Å². The maximum absolute atomic E-state index is 12.1. The molecule has 4 rings (SSSR count). The highest BCUT2D eigenvalue weighted by atomic mass is 127. The third-order valence-corrected chi connectivity index (χ3v) is 4.87. The van der Waals surface area contributed by atoms with Crippen LogP contribution >= 0.6 is 22.6 Å². The summed E-state index contributed by atoms with van der Waals surface area (Å²) in [5.41, 5.74) is 1.83. The molecule has 1 N–H and O–H groups in total. The quantitative estimate of drug-likeness (QED) is 0.861. The SMILES string of the molecule is O=c1cc(C(C2CC2)C2CC2)nc2c(I)c[nH]n12. The highest BCUT2D eigenvalue weighted by Gasteiger charge is 2.43. The zero-order valence-corrected chi connectivity index (χ0v) is 12.1. The van der Waals surface area contributed by atoms with E-state index >= 15 is 0 Å². The molecule has 0 bridgehead atoms. The first kappa shape index (κ1) is 11.0. The lowest BCUT2D eigenvalue weighted by molar-refractivity contribution is 0.523. The molecule has 0 amide bonds. The number of aromatic nitrogens is 3. The first-order valence-corrected chi connectivity index (χ1v) is 7.58. The van der Waals surface area contributed by atoms with Gasteiger partial charge in [0.15, 0.2) is 5.65 Å². The van der Waals surface area contributed by atoms with Gasteiger partial charge in [-0.15, -0.1) is 0 Å². The first-order chi connectivity index (χ1) is 8.74. The van der Waals surface area contributed by atoms with E-state index in [0.29, 0.717) is 5.92 Å². The average Bonchev–Trinajstić information content (AvgIpc) is 3.23. The number of hydrogen-bond acceptors (Lipinski definition) is 2. The summed E-state index contributed by atoms with van der Waals surface area (Å²) in [5, 5.41) is 2.95. The Labute approximate surface area is 118 Å². The van der Waals surface area contributed by atoms with E-state index in [1.807, 2.05) is 6.20 Å². The number of nitrogens with one attached hydrogen (secondary N) is 1. The van der Waals surface area contributed by atoms with Crippen molar-refractivity contribution in [3.63, 3.8) is 0 Å². The topological polar surface area (TPSA) is 50.2 Å². The summed E-state index contributed by atoms with van der Waals surface area (Å²) >= 11 is 2.22. The van der Waals surface area contributed by atoms with Gasteiger partial charge in [0.2, 0.25) is 0 Å². The van der Waals surface area contributed by atoms with E-state index in [9.17, 15) is 4.79 Å². The predicted molar refractivity (Wildman–Crippen MR) is 76.7 cm³/mol. The van der Waals surface area contributed by atoms with E-state index in [2.05, 4.69) is 27.7 Å². The fourth-order valence-electron chi connectivity index (χ4n) is 2.92. The Hall–Kier alpha value is -0.850. The van der Waals surface area contributed by atoms with Gasteiger partial charge in [0.25, 0.3) is 5.56 Å². The van der Waals surface area contributed by atoms with Crippen LogP contribution in [-0.2, 0) is 0 Å². The smallest absolute Gasteiger partial charge is 0.272 e. The van der Waals surface area contributed by atoms with Crippen LogP contribution in [0.15, 0.2) is 17.1 Å². The number of hydrogen-bond donors (Lipinski definition) is 1. The van der Waals surface area contributed by atoms with E-state index in [1.165, 1.54) is 30.2 Å². The second-order valence-electron chi connectivity index (χ2n) is 5.50. The zero-order chi connectivity index (χ0) is 12.3. The van der Waals surface area contributed by atoms with Gasteiger partial charge in [-0.2, -0.15) is 0 Å². The van der Waals surface area contributed by atoms with Gasteiger partial charge in [0, 0.05) is 18.2 Å². The summed E-state index contributed by atoms with van der Waals surface area (Å²) in [7, 11) is 0. The van der Waals surface area contributed by atoms with E-state index in [1.54, 1.807) is 6.07 Å². The van der Waals surface area contributed by atoms with Crippen LogP contribution in [0, 0.1) is 15.4 Å². The Morgan fingerprint density at radius 2 is 2.00 bits per heavy atom. The molecule has 2 saturated carbocycles. The standard InChI is InChI=1S/C13H14IN3O/c14-9-6-15-17-11(18)5-10(16-13(9)17)12(7-1-2-7)8-3-4-8/h5-8,12,15H,1-4H2. The number of nitrogens with zero attached hydrogens (tertiary/aromatic N) is 2. The van der Waals surface area contributed by atoms with Gasteiger partial charge in [-0.05, 0) is 60.1 Å². The van der Waals surface area contributed by atoms with Crippen molar-refractivity contribution in [2.45, 2.75) is 31.6 Å². The Kier molecular flexibility index (Phi) is 2.34. The van der Waals surface area contributed by atoms with Gasteiger partial charge in [-0.3, -0.25) is 9.89 Å². The molecule has 0 saturated heterocycles. The molecule has 0 radical (unpaired) electrons. The van der Waals surface area contributed by atoms with Crippen LogP contribution in [0.25, 0.3) is 5.65 Å². The van der Waals surface area contributed by atoms with Crippen LogP contribution in [0.2, 0.25) is 0 Å². The Balaban J connectivity index is 1.88. The normalized spacial score (nSPS) is 19.9. The molecular formula is C13H14IN3O. The fraction of sp³-hybridized carbons (Fsp3) is 0.538. The molecule has 94 valence electrons. The molecule has 0 aromatic carbocycles. The molecule has 4 nitrogen and oxygen atoms in total. The van der Waals surface area contributed by atoms with Gasteiger partial charge in [0.1, 0.15) is 0 Å². The van der Waals surface area contributed by atoms with Gasteiger partial charge in [-0.1, -0.05) is 0 Å². The molecular weight excluding hydrogens is 341 g/mol. The minimum absolute atomic E-state index is 0.0178. The average molecular weight is 355 g/mol. The first-order valence-electron chi connectivity index (χ1n) is 6.50. The van der Waals surface area contributed by atoms with Crippen LogP contribution in [-0.4, -0.2) is 14.6 Å². The van der Waals surface area contributed by atoms with Gasteiger partial charge in [-0.25, -0.2) is 9.50 Å². The van der Waals surface area contributed by atoms with Crippen LogP contribution in [0.4, 0.5) is 0 Å². The van der Waals surface area contributed by atoms with Crippen molar-refractivity contribution in [3.8, 4) is 0 Å². The Morgan fingerprint density at radius 1 is 1.33 bits per heavy atom. The van der Waals surface area contributed by atoms with Gasteiger partial charge < -0.3 is 0 Å². The molecule has 0 unspecified atom stereocenters. The van der Waals surface area contributed by atoms with E-state index in [-0.39, 0.29) is 5.56 Å². The van der Waals surface area contributed by atoms with Crippen LogP contribution in [0.3, 0.4) is 0 Å². The molecule has 2 aliphatic carbocycles. The molecule has 2 fully saturated rings. The number of fused-ring (bicyclic) bond motifs is 1. The summed E-state index contributed by atoms with van der Waals surface area (Å²) in [6, 6.07) is 1.74. The molecule has 2 aliphatic rings. The fourth-order valence-corrected chi connectivity index (χ4v) is 3.42. The molecule has 0 atom stereocenters. The van der Waals surface area contributed by atoms with Crippen molar-refractivity contribution in [3.05, 3.63) is 31.9 Å². The maximum atomic E-state index is 12.1. The van der Waals surface area contributed by atoms with Crippen molar-refractivity contribution >= 4 is 28.2 Å². The summed E-state index contributed by atoms with van der Waals surface area (Å²) in [6.07, 6.45) is 7.08. The lowest BCUT2D eigenvalue weighted by atomic mass is 9.94.